The molecule has 0 amide bonds. The molecule has 0 bridgehead atoms. The predicted octanol–water partition coefficient (Wildman–Crippen LogP) is 1.32. The molecule has 2 nitrogen and oxygen atoms in total. The quantitative estimate of drug-likeness (QED) is 0.666. The van der Waals surface area contributed by atoms with Crippen LogP contribution in [0.2, 0.25) is 0 Å². The van der Waals surface area contributed by atoms with Gasteiger partial charge in [-0.05, 0) is 40.3 Å². The van der Waals surface area contributed by atoms with Crippen molar-refractivity contribution in [3.63, 3.8) is 0 Å². The maximum Gasteiger partial charge on any atom is 0.0195 e. The first-order valence-corrected chi connectivity index (χ1v) is 4.64. The molecule has 2 heteroatoms. The summed E-state index contributed by atoms with van der Waals surface area (Å²) in [7, 11) is 2.20. The zero-order chi connectivity index (χ0) is 8.27. The predicted molar refractivity (Wildman–Crippen MR) is 50.9 cm³/mol. The van der Waals surface area contributed by atoms with Crippen molar-refractivity contribution in [2.45, 2.75) is 38.8 Å². The van der Waals surface area contributed by atoms with Crippen molar-refractivity contribution in [1.29, 1.82) is 0 Å². The van der Waals surface area contributed by atoms with Gasteiger partial charge in [-0.1, -0.05) is 0 Å². The molecule has 1 aliphatic rings. The van der Waals surface area contributed by atoms with Gasteiger partial charge in [0, 0.05) is 20.1 Å². The smallest absolute Gasteiger partial charge is 0.0195 e. The van der Waals surface area contributed by atoms with Crippen molar-refractivity contribution < 1.29 is 1.43 Å². The first kappa shape index (κ1) is 9.01. The van der Waals surface area contributed by atoms with Crippen molar-refractivity contribution in [3.8, 4) is 0 Å². The average Bonchev–Trinajstić information content (AvgIpc) is 2.39. The summed E-state index contributed by atoms with van der Waals surface area (Å²) in [6.07, 6.45) is 2.72. The maximum atomic E-state index is 3.50. The van der Waals surface area contributed by atoms with Gasteiger partial charge in [-0.2, -0.15) is 0 Å². The van der Waals surface area contributed by atoms with Crippen molar-refractivity contribution >= 4 is 0 Å². The fourth-order valence-corrected chi connectivity index (χ4v) is 1.47. The van der Waals surface area contributed by atoms with E-state index >= 15 is 0 Å². The zero-order valence-electron chi connectivity index (χ0n) is 7.93. The first-order chi connectivity index (χ1) is 5.20. The first-order valence-electron chi connectivity index (χ1n) is 4.64. The van der Waals surface area contributed by atoms with E-state index in [1.807, 2.05) is 0 Å². The Hall–Kier alpha value is -0.0800. The van der Waals surface area contributed by atoms with Crippen LogP contribution < -0.4 is 5.32 Å². The lowest BCUT2D eigenvalue weighted by Gasteiger charge is -2.24. The average molecular weight is 158 g/mol. The van der Waals surface area contributed by atoms with Gasteiger partial charge in [0.15, 0.2) is 0 Å². The van der Waals surface area contributed by atoms with Crippen LogP contribution in [0.5, 0.6) is 0 Å². The number of hydrogen-bond acceptors (Lipinski definition) is 2. The van der Waals surface area contributed by atoms with E-state index in [9.17, 15) is 0 Å². The highest BCUT2D eigenvalue weighted by atomic mass is 15.1. The Morgan fingerprint density at radius 1 is 1.64 bits per heavy atom. The molecule has 1 heterocycles. The monoisotopic (exact) mass is 158 g/mol. The molecule has 0 radical (unpaired) electrons. The molecule has 0 aromatic carbocycles. The number of likely N-dealkylation sites (N-methyl/N-ethyl adjacent to an activating group) is 1. The lowest BCUT2D eigenvalue weighted by atomic mass is 10.2. The fourth-order valence-electron chi connectivity index (χ4n) is 1.47. The van der Waals surface area contributed by atoms with Crippen LogP contribution >= 0.6 is 0 Å². The van der Waals surface area contributed by atoms with Crippen LogP contribution in [0.25, 0.3) is 0 Å². The molecule has 0 aliphatic carbocycles. The number of rotatable bonds is 3. The summed E-state index contributed by atoms with van der Waals surface area (Å²) < 4.78 is 0. The Morgan fingerprint density at radius 3 is 2.82 bits per heavy atom. The molecule has 68 valence electrons. The van der Waals surface area contributed by atoms with Gasteiger partial charge in [-0.15, -0.1) is 0 Å². The van der Waals surface area contributed by atoms with Crippen LogP contribution in [0.3, 0.4) is 0 Å². The zero-order valence-corrected chi connectivity index (χ0v) is 7.93. The Bertz CT molecular complexity index is 111. The van der Waals surface area contributed by atoms with Gasteiger partial charge < -0.3 is 10.2 Å². The van der Waals surface area contributed by atoms with Crippen LogP contribution in [0.4, 0.5) is 0 Å². The molecular formula is C9H22N2. The Kier molecular flexibility index (Phi) is 3.34. The van der Waals surface area contributed by atoms with E-state index in [-0.39, 0.29) is 1.43 Å². The molecule has 1 aliphatic heterocycles. The second-order valence-electron chi connectivity index (χ2n) is 3.83. The minimum atomic E-state index is 0. The van der Waals surface area contributed by atoms with E-state index in [1.54, 1.807) is 0 Å². The van der Waals surface area contributed by atoms with E-state index in [0.717, 1.165) is 6.04 Å². The highest BCUT2D eigenvalue weighted by Crippen LogP contribution is 2.07. The molecule has 0 aromatic rings. The third-order valence-corrected chi connectivity index (χ3v) is 2.55. The highest BCUT2D eigenvalue weighted by molar-refractivity contribution is 4.77. The van der Waals surface area contributed by atoms with E-state index < -0.39 is 0 Å². The maximum absolute atomic E-state index is 3.50. The van der Waals surface area contributed by atoms with E-state index in [2.05, 4.69) is 31.1 Å². The standard InChI is InChI=1S/C9H20N2.H2/c1-8(2)11(3)7-9-5-4-6-10-9;/h8-10H,4-7H2,1-3H3;1H/t9-;/m1./s1. The van der Waals surface area contributed by atoms with Crippen molar-refractivity contribution in [2.24, 2.45) is 0 Å². The molecule has 1 atom stereocenters. The third-order valence-electron chi connectivity index (χ3n) is 2.55. The summed E-state index contributed by atoms with van der Waals surface area (Å²) >= 11 is 0. The molecule has 0 saturated carbocycles. The summed E-state index contributed by atoms with van der Waals surface area (Å²) in [4.78, 5) is 2.41. The van der Waals surface area contributed by atoms with Gasteiger partial charge in [-0.3, -0.25) is 0 Å². The van der Waals surface area contributed by atoms with Crippen LogP contribution in [-0.4, -0.2) is 37.1 Å². The van der Waals surface area contributed by atoms with Crippen LogP contribution in [0, 0.1) is 0 Å². The fraction of sp³-hybridized carbons (Fsp3) is 1.00. The lowest BCUT2D eigenvalue weighted by molar-refractivity contribution is 0.249. The molecule has 0 aromatic heterocycles. The molecule has 0 spiro atoms. The summed E-state index contributed by atoms with van der Waals surface area (Å²) in [5.41, 5.74) is 0. The number of nitrogens with one attached hydrogen (secondary N) is 1. The Balaban J connectivity index is 0.00000121. The lowest BCUT2D eigenvalue weighted by Crippen LogP contribution is -2.38. The summed E-state index contributed by atoms with van der Waals surface area (Å²) in [5, 5.41) is 3.50. The highest BCUT2D eigenvalue weighted by Gasteiger charge is 2.16. The topological polar surface area (TPSA) is 15.3 Å². The minimum Gasteiger partial charge on any atom is -0.313 e. The summed E-state index contributed by atoms with van der Waals surface area (Å²) in [6.45, 7) is 6.91. The number of hydrogen-bond donors (Lipinski definition) is 1. The second-order valence-corrected chi connectivity index (χ2v) is 3.83. The largest absolute Gasteiger partial charge is 0.313 e. The third kappa shape index (κ3) is 2.80. The molecule has 1 rings (SSSR count). The van der Waals surface area contributed by atoms with Crippen LogP contribution in [0.15, 0.2) is 0 Å². The van der Waals surface area contributed by atoms with Gasteiger partial charge in [0.1, 0.15) is 0 Å². The van der Waals surface area contributed by atoms with E-state index in [1.165, 1.54) is 25.9 Å². The molecule has 1 fully saturated rings. The van der Waals surface area contributed by atoms with Gasteiger partial charge >= 0.3 is 0 Å². The van der Waals surface area contributed by atoms with Crippen LogP contribution in [-0.2, 0) is 0 Å². The molecule has 1 saturated heterocycles. The molecular weight excluding hydrogens is 136 g/mol. The van der Waals surface area contributed by atoms with Gasteiger partial charge in [0.05, 0.1) is 0 Å². The Labute approximate surface area is 71.4 Å². The van der Waals surface area contributed by atoms with Gasteiger partial charge in [0.2, 0.25) is 0 Å². The van der Waals surface area contributed by atoms with Crippen LogP contribution in [0.1, 0.15) is 28.1 Å². The van der Waals surface area contributed by atoms with E-state index in [0.29, 0.717) is 6.04 Å². The van der Waals surface area contributed by atoms with Gasteiger partial charge in [0.25, 0.3) is 0 Å². The molecule has 0 unspecified atom stereocenters. The SMILES string of the molecule is CC(C)N(C)C[C@H]1CCCN1.[HH]. The molecule has 1 N–H and O–H groups in total. The van der Waals surface area contributed by atoms with Gasteiger partial charge in [-0.25, -0.2) is 0 Å². The second kappa shape index (κ2) is 4.07. The Morgan fingerprint density at radius 2 is 2.36 bits per heavy atom. The van der Waals surface area contributed by atoms with Crippen molar-refractivity contribution in [3.05, 3.63) is 0 Å². The summed E-state index contributed by atoms with van der Waals surface area (Å²) in [5.74, 6) is 0. The minimum absolute atomic E-state index is 0. The van der Waals surface area contributed by atoms with Crippen molar-refractivity contribution in [2.75, 3.05) is 20.1 Å². The molecule has 11 heavy (non-hydrogen) atoms. The summed E-state index contributed by atoms with van der Waals surface area (Å²) in [6, 6.07) is 1.43. The normalized spacial score (nSPS) is 25.4. The van der Waals surface area contributed by atoms with Crippen molar-refractivity contribution in [1.82, 2.24) is 10.2 Å². The number of nitrogens with zero attached hydrogens (tertiary/aromatic N) is 1. The van der Waals surface area contributed by atoms with E-state index in [4.69, 9.17) is 0 Å².